The van der Waals surface area contributed by atoms with Gasteiger partial charge < -0.3 is 10.5 Å². The lowest BCUT2D eigenvalue weighted by Crippen LogP contribution is -2.29. The molecule has 2 aromatic rings. The molecule has 2 N–H and O–H groups in total. The average molecular weight is 245 g/mol. The van der Waals surface area contributed by atoms with Gasteiger partial charge in [-0.05, 0) is 45.0 Å². The molecule has 0 radical (unpaired) electrons. The standard InChI is InChI=1S/C14H19N3O/c1-10-13(14(2,3)15)9-16-17(10)11-5-7-12(18-4)8-6-11/h5-9H,15H2,1-4H3. The van der Waals surface area contributed by atoms with Crippen molar-refractivity contribution in [1.82, 2.24) is 9.78 Å². The molecule has 0 saturated carbocycles. The van der Waals surface area contributed by atoms with Gasteiger partial charge in [-0.15, -0.1) is 0 Å². The zero-order valence-corrected chi connectivity index (χ0v) is 11.3. The molecule has 0 aliphatic rings. The number of aromatic nitrogens is 2. The van der Waals surface area contributed by atoms with Crippen molar-refractivity contribution < 1.29 is 4.74 Å². The Morgan fingerprint density at radius 3 is 2.28 bits per heavy atom. The minimum Gasteiger partial charge on any atom is -0.497 e. The van der Waals surface area contributed by atoms with Gasteiger partial charge in [0.1, 0.15) is 5.75 Å². The summed E-state index contributed by atoms with van der Waals surface area (Å²) < 4.78 is 7.04. The molecule has 0 amide bonds. The smallest absolute Gasteiger partial charge is 0.119 e. The van der Waals surface area contributed by atoms with Gasteiger partial charge in [-0.25, -0.2) is 4.68 Å². The molecule has 0 spiro atoms. The minimum absolute atomic E-state index is 0.380. The molecule has 4 heteroatoms. The van der Waals surface area contributed by atoms with E-state index < -0.39 is 0 Å². The Morgan fingerprint density at radius 2 is 1.83 bits per heavy atom. The average Bonchev–Trinajstić information content (AvgIpc) is 2.71. The van der Waals surface area contributed by atoms with Gasteiger partial charge in [0.25, 0.3) is 0 Å². The van der Waals surface area contributed by atoms with Crippen LogP contribution in [-0.2, 0) is 5.54 Å². The van der Waals surface area contributed by atoms with Gasteiger partial charge in [0, 0.05) is 16.8 Å². The molecule has 0 atom stereocenters. The maximum atomic E-state index is 6.12. The molecule has 1 heterocycles. The van der Waals surface area contributed by atoms with Crippen LogP contribution in [0.5, 0.6) is 5.75 Å². The first kappa shape index (κ1) is 12.6. The number of hydrogen-bond acceptors (Lipinski definition) is 3. The predicted molar refractivity (Wildman–Crippen MR) is 72.1 cm³/mol. The van der Waals surface area contributed by atoms with Crippen LogP contribution in [-0.4, -0.2) is 16.9 Å². The summed E-state index contributed by atoms with van der Waals surface area (Å²) in [6.45, 7) is 5.99. The van der Waals surface area contributed by atoms with Gasteiger partial charge in [0.2, 0.25) is 0 Å². The van der Waals surface area contributed by atoms with Crippen molar-refractivity contribution in [3.63, 3.8) is 0 Å². The van der Waals surface area contributed by atoms with Gasteiger partial charge in [-0.2, -0.15) is 5.10 Å². The first-order chi connectivity index (χ1) is 8.43. The maximum absolute atomic E-state index is 6.12. The highest BCUT2D eigenvalue weighted by molar-refractivity contribution is 5.40. The summed E-state index contributed by atoms with van der Waals surface area (Å²) in [5.41, 5.74) is 8.86. The van der Waals surface area contributed by atoms with Crippen LogP contribution in [0.1, 0.15) is 25.1 Å². The predicted octanol–water partition coefficient (Wildman–Crippen LogP) is 2.38. The highest BCUT2D eigenvalue weighted by Crippen LogP contribution is 2.23. The van der Waals surface area contributed by atoms with Gasteiger partial charge in [0.15, 0.2) is 0 Å². The summed E-state index contributed by atoms with van der Waals surface area (Å²) in [6.07, 6.45) is 1.83. The Kier molecular flexibility index (Phi) is 3.13. The number of nitrogens with two attached hydrogens (primary N) is 1. The van der Waals surface area contributed by atoms with E-state index in [0.717, 1.165) is 22.7 Å². The third kappa shape index (κ3) is 2.24. The SMILES string of the molecule is COc1ccc(-n2ncc(C(C)(C)N)c2C)cc1. The number of rotatable bonds is 3. The molecule has 0 aliphatic carbocycles. The molecule has 1 aromatic carbocycles. The summed E-state index contributed by atoms with van der Waals surface area (Å²) in [4.78, 5) is 0. The highest BCUT2D eigenvalue weighted by Gasteiger charge is 2.20. The molecule has 2 rings (SSSR count). The number of methoxy groups -OCH3 is 1. The Bertz CT molecular complexity index is 535. The topological polar surface area (TPSA) is 53.1 Å². The molecule has 1 aromatic heterocycles. The van der Waals surface area contributed by atoms with E-state index in [1.807, 2.05) is 55.9 Å². The van der Waals surface area contributed by atoms with Crippen molar-refractivity contribution in [2.75, 3.05) is 7.11 Å². The minimum atomic E-state index is -0.380. The van der Waals surface area contributed by atoms with Crippen molar-refractivity contribution in [3.8, 4) is 11.4 Å². The second-order valence-corrected chi connectivity index (χ2v) is 4.98. The summed E-state index contributed by atoms with van der Waals surface area (Å²) in [7, 11) is 1.66. The lowest BCUT2D eigenvalue weighted by atomic mass is 9.97. The second-order valence-electron chi connectivity index (χ2n) is 4.98. The fraction of sp³-hybridized carbons (Fsp3) is 0.357. The van der Waals surface area contributed by atoms with Crippen molar-refractivity contribution in [1.29, 1.82) is 0 Å². The van der Waals surface area contributed by atoms with Crippen LogP contribution in [0.4, 0.5) is 0 Å². The molecule has 0 bridgehead atoms. The number of hydrogen-bond donors (Lipinski definition) is 1. The van der Waals surface area contributed by atoms with Crippen LogP contribution < -0.4 is 10.5 Å². The van der Waals surface area contributed by atoms with Crippen molar-refractivity contribution in [2.24, 2.45) is 5.73 Å². The Balaban J connectivity index is 2.42. The number of ether oxygens (including phenoxy) is 1. The van der Waals surface area contributed by atoms with E-state index in [-0.39, 0.29) is 5.54 Å². The normalized spacial score (nSPS) is 11.6. The van der Waals surface area contributed by atoms with E-state index in [1.165, 1.54) is 0 Å². The van der Waals surface area contributed by atoms with Crippen LogP contribution in [0.25, 0.3) is 5.69 Å². The molecule has 0 aliphatic heterocycles. The molecule has 0 unspecified atom stereocenters. The number of benzene rings is 1. The summed E-state index contributed by atoms with van der Waals surface area (Å²) in [6, 6.07) is 7.80. The largest absolute Gasteiger partial charge is 0.497 e. The van der Waals surface area contributed by atoms with Crippen molar-refractivity contribution >= 4 is 0 Å². The van der Waals surface area contributed by atoms with Crippen LogP contribution in [0.3, 0.4) is 0 Å². The lowest BCUT2D eigenvalue weighted by molar-refractivity contribution is 0.414. The van der Waals surface area contributed by atoms with Gasteiger partial charge in [-0.3, -0.25) is 0 Å². The first-order valence-corrected chi connectivity index (χ1v) is 5.92. The van der Waals surface area contributed by atoms with Crippen LogP contribution in [0.15, 0.2) is 30.5 Å². The van der Waals surface area contributed by atoms with Crippen molar-refractivity contribution in [3.05, 3.63) is 41.7 Å². The summed E-state index contributed by atoms with van der Waals surface area (Å²) in [5.74, 6) is 0.836. The zero-order chi connectivity index (χ0) is 13.3. The summed E-state index contributed by atoms with van der Waals surface area (Å²) in [5, 5.41) is 4.40. The fourth-order valence-corrected chi connectivity index (χ4v) is 2.03. The first-order valence-electron chi connectivity index (χ1n) is 5.92. The molecule has 0 fully saturated rings. The molecule has 96 valence electrons. The second kappa shape index (κ2) is 4.46. The van der Waals surface area contributed by atoms with E-state index >= 15 is 0 Å². The summed E-state index contributed by atoms with van der Waals surface area (Å²) >= 11 is 0. The quantitative estimate of drug-likeness (QED) is 0.903. The number of nitrogens with zero attached hydrogens (tertiary/aromatic N) is 2. The molecule has 0 saturated heterocycles. The third-order valence-electron chi connectivity index (χ3n) is 3.02. The van der Waals surface area contributed by atoms with E-state index in [1.54, 1.807) is 7.11 Å². The van der Waals surface area contributed by atoms with E-state index in [2.05, 4.69) is 5.10 Å². The zero-order valence-electron chi connectivity index (χ0n) is 11.3. The van der Waals surface area contributed by atoms with Crippen LogP contribution in [0, 0.1) is 6.92 Å². The van der Waals surface area contributed by atoms with Crippen molar-refractivity contribution in [2.45, 2.75) is 26.3 Å². The molecular weight excluding hydrogens is 226 g/mol. The van der Waals surface area contributed by atoms with E-state index in [0.29, 0.717) is 0 Å². The van der Waals surface area contributed by atoms with Gasteiger partial charge in [0.05, 0.1) is 19.0 Å². The molecular formula is C14H19N3O. The Labute approximate surface area is 107 Å². The molecule has 4 nitrogen and oxygen atoms in total. The van der Waals surface area contributed by atoms with E-state index in [4.69, 9.17) is 10.5 Å². The van der Waals surface area contributed by atoms with Crippen LogP contribution >= 0.6 is 0 Å². The lowest BCUT2D eigenvalue weighted by Gasteiger charge is -2.18. The van der Waals surface area contributed by atoms with Gasteiger partial charge >= 0.3 is 0 Å². The van der Waals surface area contributed by atoms with Crippen LogP contribution in [0.2, 0.25) is 0 Å². The Hall–Kier alpha value is -1.81. The highest BCUT2D eigenvalue weighted by atomic mass is 16.5. The fourth-order valence-electron chi connectivity index (χ4n) is 2.03. The Morgan fingerprint density at radius 1 is 1.22 bits per heavy atom. The third-order valence-corrected chi connectivity index (χ3v) is 3.02. The van der Waals surface area contributed by atoms with E-state index in [9.17, 15) is 0 Å². The maximum Gasteiger partial charge on any atom is 0.119 e. The monoisotopic (exact) mass is 245 g/mol. The molecule has 18 heavy (non-hydrogen) atoms. The van der Waals surface area contributed by atoms with Gasteiger partial charge in [-0.1, -0.05) is 0 Å².